The fourth-order valence-corrected chi connectivity index (χ4v) is 6.15. The zero-order chi connectivity index (χ0) is 31.2. The molecule has 12 heteroatoms. The van der Waals surface area contributed by atoms with Gasteiger partial charge in [0.05, 0.1) is 11.1 Å². The molecule has 43 heavy (non-hydrogen) atoms. The number of aromatic nitrogens is 2. The second-order valence-corrected chi connectivity index (χ2v) is 11.5. The predicted octanol–water partition coefficient (Wildman–Crippen LogP) is 6.78. The van der Waals surface area contributed by atoms with Crippen molar-refractivity contribution in [1.82, 2.24) is 14.5 Å². The van der Waals surface area contributed by atoms with Gasteiger partial charge in [0.1, 0.15) is 12.4 Å². The summed E-state index contributed by atoms with van der Waals surface area (Å²) in [6.45, 7) is 4.17. The molecule has 6 nitrogen and oxygen atoms in total. The minimum Gasteiger partial charge on any atom is -0.481 e. The number of carbonyl (C=O) groups excluding carboxylic acids is 1. The van der Waals surface area contributed by atoms with Crippen LogP contribution in [0.15, 0.2) is 53.3 Å². The number of fused-ring (bicyclic) bond motifs is 1. The molecule has 0 bridgehead atoms. The first-order chi connectivity index (χ1) is 20.2. The van der Waals surface area contributed by atoms with Crippen LogP contribution >= 0.6 is 0 Å². The molecule has 1 aliphatic carbocycles. The summed E-state index contributed by atoms with van der Waals surface area (Å²) in [7, 11) is 0. The van der Waals surface area contributed by atoms with Crippen molar-refractivity contribution in [2.24, 2.45) is 0 Å². The summed E-state index contributed by atoms with van der Waals surface area (Å²) >= 11 is 0. The summed E-state index contributed by atoms with van der Waals surface area (Å²) in [5.74, 6) is -0.553. The number of ether oxygens (including phenoxy) is 1. The number of hydrogen-bond donors (Lipinski definition) is 0. The Balaban J connectivity index is 1.63. The minimum atomic E-state index is -4.99. The maximum Gasteiger partial charge on any atom is 0.416 e. The average molecular weight is 608 g/mol. The predicted molar refractivity (Wildman–Crippen MR) is 146 cm³/mol. The van der Waals surface area contributed by atoms with Gasteiger partial charge in [-0.2, -0.15) is 31.3 Å². The van der Waals surface area contributed by atoms with E-state index in [4.69, 9.17) is 4.74 Å². The van der Waals surface area contributed by atoms with Gasteiger partial charge in [0.25, 0.3) is 5.91 Å². The fraction of sp³-hybridized carbons (Fsp3) is 0.452. The van der Waals surface area contributed by atoms with Gasteiger partial charge in [0, 0.05) is 31.0 Å². The van der Waals surface area contributed by atoms with Crippen molar-refractivity contribution >= 4 is 5.91 Å². The molecular formula is C31H31F6N3O3. The molecule has 0 radical (unpaired) electrons. The van der Waals surface area contributed by atoms with Gasteiger partial charge in [0.15, 0.2) is 5.69 Å². The first kappa shape index (κ1) is 30.6. The van der Waals surface area contributed by atoms with E-state index in [9.17, 15) is 35.9 Å². The highest BCUT2D eigenvalue weighted by Gasteiger charge is 2.43. The molecule has 230 valence electrons. The molecule has 0 atom stereocenters. The third-order valence-electron chi connectivity index (χ3n) is 8.36. The molecule has 1 amide bonds. The zero-order valence-electron chi connectivity index (χ0n) is 23.7. The van der Waals surface area contributed by atoms with E-state index in [1.807, 2.05) is 19.9 Å². The van der Waals surface area contributed by atoms with E-state index in [1.54, 1.807) is 33.7 Å². The molecule has 1 aliphatic heterocycles. The number of rotatable bonds is 7. The van der Waals surface area contributed by atoms with Crippen LogP contribution in [0.25, 0.3) is 0 Å². The second-order valence-electron chi connectivity index (χ2n) is 11.5. The Hall–Kier alpha value is -3.83. The number of carbonyl (C=O) groups is 1. The summed E-state index contributed by atoms with van der Waals surface area (Å²) in [5.41, 5.74) is -4.10. The summed E-state index contributed by atoms with van der Waals surface area (Å²) in [6, 6.07) is 10.5. The number of nitrogens with zero attached hydrogens (tertiary/aromatic N) is 3. The Morgan fingerprint density at radius 2 is 1.51 bits per heavy atom. The van der Waals surface area contributed by atoms with Crippen LogP contribution in [0, 0.1) is 0 Å². The number of hydrogen-bond acceptors (Lipinski definition) is 4. The molecule has 1 aromatic heterocycles. The molecule has 0 saturated heterocycles. The summed E-state index contributed by atoms with van der Waals surface area (Å²) < 4.78 is 90.0. The number of amides is 1. The third kappa shape index (κ3) is 6.14. The van der Waals surface area contributed by atoms with E-state index in [2.05, 4.69) is 4.98 Å². The molecular weight excluding hydrogens is 576 g/mol. The molecule has 2 heterocycles. The van der Waals surface area contributed by atoms with Gasteiger partial charge in [-0.1, -0.05) is 43.2 Å². The highest BCUT2D eigenvalue weighted by molar-refractivity contribution is 5.96. The van der Waals surface area contributed by atoms with E-state index in [1.165, 1.54) is 0 Å². The largest absolute Gasteiger partial charge is 0.481 e. The van der Waals surface area contributed by atoms with E-state index in [0.717, 1.165) is 17.7 Å². The molecule has 1 fully saturated rings. The van der Waals surface area contributed by atoms with Gasteiger partial charge >= 0.3 is 17.9 Å². The second kappa shape index (κ2) is 11.3. The van der Waals surface area contributed by atoms with E-state index in [0.29, 0.717) is 25.7 Å². The highest BCUT2D eigenvalue weighted by atomic mass is 19.4. The standard InChI is InChI=1S/C31H31F6N3O3/c1-19(2)39-12-13-40-24(38-27(41)26(25(40)28(39)42)43-18-20-8-4-3-5-9-20)17-29(10-6-7-11-29)21-14-22(30(32,33)34)16-23(15-21)31(35,36)37/h3-5,8-9,14-16,19H,6-7,10-13,17-18H2,1-2H3. The minimum absolute atomic E-state index is 0.00649. The van der Waals surface area contributed by atoms with Gasteiger partial charge in [-0.3, -0.25) is 9.59 Å². The Bertz CT molecular complexity index is 1530. The van der Waals surface area contributed by atoms with E-state index in [-0.39, 0.29) is 61.1 Å². The molecule has 0 N–H and O–H groups in total. The first-order valence-corrected chi connectivity index (χ1v) is 14.1. The lowest BCUT2D eigenvalue weighted by Crippen LogP contribution is -2.47. The maximum atomic E-state index is 13.8. The van der Waals surface area contributed by atoms with Gasteiger partial charge in [0.2, 0.25) is 5.75 Å². The fourth-order valence-electron chi connectivity index (χ4n) is 6.15. The quantitative estimate of drug-likeness (QED) is 0.278. The molecule has 5 rings (SSSR count). The summed E-state index contributed by atoms with van der Waals surface area (Å²) in [6.07, 6.45) is -8.34. The number of alkyl halides is 6. The van der Waals surface area contributed by atoms with Crippen LogP contribution in [0.3, 0.4) is 0 Å². The normalized spacial score (nSPS) is 17.0. The smallest absolute Gasteiger partial charge is 0.416 e. The summed E-state index contributed by atoms with van der Waals surface area (Å²) in [5, 5.41) is 0. The molecule has 2 aromatic carbocycles. The van der Waals surface area contributed by atoms with Gasteiger partial charge in [-0.05, 0) is 56.0 Å². The van der Waals surface area contributed by atoms with Crippen molar-refractivity contribution in [2.75, 3.05) is 6.54 Å². The van der Waals surface area contributed by atoms with Crippen LogP contribution in [0.4, 0.5) is 26.3 Å². The molecule has 2 aliphatic rings. The Morgan fingerprint density at radius 3 is 2.07 bits per heavy atom. The van der Waals surface area contributed by atoms with E-state index >= 15 is 0 Å². The number of benzene rings is 2. The van der Waals surface area contributed by atoms with Crippen LogP contribution < -0.4 is 10.3 Å². The zero-order valence-corrected chi connectivity index (χ0v) is 23.7. The molecule has 0 spiro atoms. The van der Waals surface area contributed by atoms with Crippen molar-refractivity contribution in [2.45, 2.75) is 82.9 Å². The van der Waals surface area contributed by atoms with Crippen molar-refractivity contribution < 1.29 is 35.9 Å². The average Bonchev–Trinajstić information content (AvgIpc) is 3.42. The summed E-state index contributed by atoms with van der Waals surface area (Å²) in [4.78, 5) is 33.0. The van der Waals surface area contributed by atoms with E-state index < -0.39 is 40.4 Å². The Morgan fingerprint density at radius 1 is 0.907 bits per heavy atom. The first-order valence-electron chi connectivity index (χ1n) is 14.1. The van der Waals surface area contributed by atoms with Gasteiger partial charge in [-0.15, -0.1) is 0 Å². The van der Waals surface area contributed by atoms with Crippen LogP contribution in [-0.2, 0) is 37.3 Å². The number of halogens is 6. The Kier molecular flexibility index (Phi) is 8.08. The lowest BCUT2D eigenvalue weighted by molar-refractivity contribution is -0.143. The van der Waals surface area contributed by atoms with Crippen LogP contribution in [0.5, 0.6) is 5.75 Å². The van der Waals surface area contributed by atoms with Crippen LogP contribution in [-0.4, -0.2) is 32.9 Å². The van der Waals surface area contributed by atoms with Gasteiger partial charge < -0.3 is 14.2 Å². The maximum absolute atomic E-state index is 13.8. The SMILES string of the molecule is CC(C)N1CCn2c(CC3(c4cc(C(F)(F)F)cc(C(F)(F)F)c4)CCCC3)nc(=O)c(OCc3ccccc3)c2C1=O. The monoisotopic (exact) mass is 607 g/mol. The Labute approximate surface area is 244 Å². The third-order valence-corrected chi connectivity index (χ3v) is 8.36. The van der Waals surface area contributed by atoms with Crippen LogP contribution in [0.2, 0.25) is 0 Å². The van der Waals surface area contributed by atoms with Crippen LogP contribution in [0.1, 0.15) is 78.1 Å². The lowest BCUT2D eigenvalue weighted by Gasteiger charge is -2.36. The topological polar surface area (TPSA) is 64.4 Å². The molecule has 3 aromatic rings. The highest BCUT2D eigenvalue weighted by Crippen LogP contribution is 2.47. The van der Waals surface area contributed by atoms with Gasteiger partial charge in [-0.25, -0.2) is 0 Å². The molecule has 1 saturated carbocycles. The lowest BCUT2D eigenvalue weighted by atomic mass is 9.74. The van der Waals surface area contributed by atoms with Crippen molar-refractivity contribution in [1.29, 1.82) is 0 Å². The van der Waals surface area contributed by atoms with Crippen molar-refractivity contribution in [3.63, 3.8) is 0 Å². The van der Waals surface area contributed by atoms with Crippen molar-refractivity contribution in [3.05, 3.63) is 92.7 Å². The molecule has 0 unspecified atom stereocenters. The van der Waals surface area contributed by atoms with Crippen molar-refractivity contribution in [3.8, 4) is 5.75 Å².